The maximum Gasteiger partial charge on any atom is 0.344 e. The minimum atomic E-state index is -0.697. The van der Waals surface area contributed by atoms with Crippen molar-refractivity contribution in [3.63, 3.8) is 0 Å². The summed E-state index contributed by atoms with van der Waals surface area (Å²) in [7, 11) is 1.51. The lowest BCUT2D eigenvalue weighted by molar-refractivity contribution is -0.149. The van der Waals surface area contributed by atoms with Crippen molar-refractivity contribution >= 4 is 35.2 Å². The number of carbonyl (C=O) groups excluding carboxylic acids is 3. The number of allylic oxidation sites excluding steroid dienone is 1. The van der Waals surface area contributed by atoms with Gasteiger partial charge in [0, 0.05) is 18.3 Å². The Hall–Kier alpha value is -3.81. The molecule has 0 aromatic heterocycles. The highest BCUT2D eigenvalue weighted by Crippen LogP contribution is 2.28. The number of rotatable bonds is 9. The highest BCUT2D eigenvalue weighted by molar-refractivity contribution is 5.94. The molecule has 0 unspecified atom stereocenters. The number of ether oxygens (including phenoxy) is 3. The van der Waals surface area contributed by atoms with Gasteiger partial charge in [0.25, 0.3) is 5.91 Å². The first-order valence-electron chi connectivity index (χ1n) is 9.18. The predicted molar refractivity (Wildman–Crippen MR) is 114 cm³/mol. The summed E-state index contributed by atoms with van der Waals surface area (Å²) in [5, 5.41) is 5.20. The van der Waals surface area contributed by atoms with Crippen LogP contribution in [0.3, 0.4) is 0 Å². The van der Waals surface area contributed by atoms with Crippen LogP contribution in [0.15, 0.2) is 48.5 Å². The second-order valence-corrected chi connectivity index (χ2v) is 6.17. The van der Waals surface area contributed by atoms with Crippen molar-refractivity contribution in [1.29, 1.82) is 0 Å². The minimum absolute atomic E-state index is 0.222. The molecule has 158 valence electrons. The van der Waals surface area contributed by atoms with Gasteiger partial charge in [0.2, 0.25) is 5.91 Å². The SMILES string of the molecule is C/C=C/c1ccc(OCC(=O)OCC(=O)Nc2cccc(NC(C)=O)c2)c(OC)c1. The molecule has 0 saturated heterocycles. The molecule has 0 atom stereocenters. The number of amides is 2. The van der Waals surface area contributed by atoms with Crippen molar-refractivity contribution in [2.24, 2.45) is 0 Å². The number of carbonyl (C=O) groups is 3. The van der Waals surface area contributed by atoms with Crippen LogP contribution in [-0.2, 0) is 19.1 Å². The minimum Gasteiger partial charge on any atom is -0.493 e. The van der Waals surface area contributed by atoms with Crippen LogP contribution in [0.5, 0.6) is 11.5 Å². The average Bonchev–Trinajstić information content (AvgIpc) is 2.71. The molecule has 2 amide bonds. The van der Waals surface area contributed by atoms with Gasteiger partial charge in [0.15, 0.2) is 24.7 Å². The van der Waals surface area contributed by atoms with Crippen LogP contribution in [-0.4, -0.2) is 38.1 Å². The quantitative estimate of drug-likeness (QED) is 0.613. The zero-order valence-electron chi connectivity index (χ0n) is 17.1. The molecule has 2 N–H and O–H groups in total. The van der Waals surface area contributed by atoms with Gasteiger partial charge >= 0.3 is 5.97 Å². The van der Waals surface area contributed by atoms with Crippen LogP contribution in [0, 0.1) is 0 Å². The molecule has 0 aliphatic heterocycles. The second kappa shape index (κ2) is 11.3. The van der Waals surface area contributed by atoms with Crippen LogP contribution in [0.25, 0.3) is 6.08 Å². The number of nitrogens with one attached hydrogen (secondary N) is 2. The second-order valence-electron chi connectivity index (χ2n) is 6.17. The fourth-order valence-corrected chi connectivity index (χ4v) is 2.50. The monoisotopic (exact) mass is 412 g/mol. The molecule has 0 heterocycles. The van der Waals surface area contributed by atoms with Crippen LogP contribution >= 0.6 is 0 Å². The van der Waals surface area contributed by atoms with Crippen LogP contribution in [0.1, 0.15) is 19.4 Å². The number of methoxy groups -OCH3 is 1. The van der Waals surface area contributed by atoms with Gasteiger partial charge < -0.3 is 24.8 Å². The summed E-state index contributed by atoms with van der Waals surface area (Å²) in [6.45, 7) is 2.45. The Morgan fingerprint density at radius 1 is 0.967 bits per heavy atom. The smallest absolute Gasteiger partial charge is 0.344 e. The van der Waals surface area contributed by atoms with Gasteiger partial charge in [-0.15, -0.1) is 0 Å². The van der Waals surface area contributed by atoms with Crippen molar-refractivity contribution < 1.29 is 28.6 Å². The number of esters is 1. The summed E-state index contributed by atoms with van der Waals surface area (Å²) in [4.78, 5) is 35.0. The number of hydrogen-bond donors (Lipinski definition) is 2. The normalized spacial score (nSPS) is 10.4. The van der Waals surface area contributed by atoms with Crippen molar-refractivity contribution in [3.8, 4) is 11.5 Å². The third-order valence-electron chi connectivity index (χ3n) is 3.72. The molecule has 0 bridgehead atoms. The van der Waals surface area contributed by atoms with E-state index in [0.717, 1.165) is 5.56 Å². The van der Waals surface area contributed by atoms with Gasteiger partial charge in [0.05, 0.1) is 7.11 Å². The van der Waals surface area contributed by atoms with E-state index in [1.807, 2.05) is 25.1 Å². The maximum atomic E-state index is 12.0. The molecular weight excluding hydrogens is 388 g/mol. The number of benzene rings is 2. The van der Waals surface area contributed by atoms with E-state index in [0.29, 0.717) is 22.9 Å². The molecule has 0 radical (unpaired) electrons. The molecular formula is C22H24N2O6. The first-order valence-corrected chi connectivity index (χ1v) is 9.18. The molecule has 8 heteroatoms. The average molecular weight is 412 g/mol. The lowest BCUT2D eigenvalue weighted by Crippen LogP contribution is -2.23. The lowest BCUT2D eigenvalue weighted by Gasteiger charge is -2.11. The van der Waals surface area contributed by atoms with Gasteiger partial charge in [-0.3, -0.25) is 9.59 Å². The van der Waals surface area contributed by atoms with Crippen molar-refractivity contribution in [2.75, 3.05) is 31.0 Å². The van der Waals surface area contributed by atoms with E-state index in [9.17, 15) is 14.4 Å². The molecule has 2 aromatic rings. The summed E-state index contributed by atoms with van der Waals surface area (Å²) >= 11 is 0. The largest absolute Gasteiger partial charge is 0.493 e. The summed E-state index contributed by atoms with van der Waals surface area (Å²) in [5.41, 5.74) is 1.94. The third-order valence-corrected chi connectivity index (χ3v) is 3.72. The van der Waals surface area contributed by atoms with Crippen molar-refractivity contribution in [1.82, 2.24) is 0 Å². The highest BCUT2D eigenvalue weighted by atomic mass is 16.6. The molecule has 2 aromatic carbocycles. The first-order chi connectivity index (χ1) is 14.4. The summed E-state index contributed by atoms with van der Waals surface area (Å²) in [6, 6.07) is 11.9. The van der Waals surface area contributed by atoms with Gasteiger partial charge in [0.1, 0.15) is 0 Å². The fraction of sp³-hybridized carbons (Fsp3) is 0.227. The Morgan fingerprint density at radius 2 is 1.70 bits per heavy atom. The summed E-state index contributed by atoms with van der Waals surface area (Å²) in [6.07, 6.45) is 3.80. The van der Waals surface area contributed by atoms with Crippen LogP contribution < -0.4 is 20.1 Å². The van der Waals surface area contributed by atoms with E-state index < -0.39 is 18.5 Å². The van der Waals surface area contributed by atoms with E-state index >= 15 is 0 Å². The Bertz CT molecular complexity index is 939. The molecule has 0 fully saturated rings. The zero-order chi connectivity index (χ0) is 21.9. The molecule has 2 rings (SSSR count). The third kappa shape index (κ3) is 7.31. The molecule has 8 nitrogen and oxygen atoms in total. The molecule has 0 aliphatic rings. The van der Waals surface area contributed by atoms with Gasteiger partial charge in [-0.25, -0.2) is 4.79 Å². The van der Waals surface area contributed by atoms with Crippen LogP contribution in [0.2, 0.25) is 0 Å². The number of anilines is 2. The van der Waals surface area contributed by atoms with E-state index in [-0.39, 0.29) is 12.5 Å². The molecule has 0 spiro atoms. The Labute approximate surface area is 174 Å². The standard InChI is InChI=1S/C22H24N2O6/c1-4-6-16-9-10-19(20(11-16)28-3)29-14-22(27)30-13-21(26)24-18-8-5-7-17(12-18)23-15(2)25/h4-12H,13-14H2,1-3H3,(H,23,25)(H,24,26)/b6-4+. The molecule has 0 aliphatic carbocycles. The predicted octanol–water partition coefficient (Wildman–Crippen LogP) is 3.25. The summed E-state index contributed by atoms with van der Waals surface area (Å²) in [5.74, 6) is -0.564. The Kier molecular flexibility index (Phi) is 8.43. The van der Waals surface area contributed by atoms with E-state index in [1.54, 1.807) is 36.4 Å². The van der Waals surface area contributed by atoms with Gasteiger partial charge in [-0.05, 0) is 42.8 Å². The van der Waals surface area contributed by atoms with E-state index in [2.05, 4.69) is 10.6 Å². The Morgan fingerprint density at radius 3 is 2.37 bits per heavy atom. The maximum absolute atomic E-state index is 12.0. The number of hydrogen-bond acceptors (Lipinski definition) is 6. The van der Waals surface area contributed by atoms with Crippen LogP contribution in [0.4, 0.5) is 11.4 Å². The zero-order valence-corrected chi connectivity index (χ0v) is 17.1. The van der Waals surface area contributed by atoms with E-state index in [1.165, 1.54) is 14.0 Å². The van der Waals surface area contributed by atoms with Crippen molar-refractivity contribution in [3.05, 3.63) is 54.1 Å². The first kappa shape index (κ1) is 22.5. The van der Waals surface area contributed by atoms with Gasteiger partial charge in [-0.1, -0.05) is 24.3 Å². The van der Waals surface area contributed by atoms with Gasteiger partial charge in [-0.2, -0.15) is 0 Å². The Balaban J connectivity index is 1.82. The lowest BCUT2D eigenvalue weighted by atomic mass is 10.2. The molecule has 0 saturated carbocycles. The van der Waals surface area contributed by atoms with Crippen molar-refractivity contribution in [2.45, 2.75) is 13.8 Å². The summed E-state index contributed by atoms with van der Waals surface area (Å²) < 4.78 is 15.6. The van der Waals surface area contributed by atoms with E-state index in [4.69, 9.17) is 14.2 Å². The fourth-order valence-electron chi connectivity index (χ4n) is 2.50. The topological polar surface area (TPSA) is 103 Å². The molecule has 30 heavy (non-hydrogen) atoms. The highest BCUT2D eigenvalue weighted by Gasteiger charge is 2.11.